The molecule has 0 aromatic heterocycles. The SMILES string of the molecule is CCOC(=O)C(C)CN(C(=O)Cc1ccc(OCC)cc1)C1CC1. The maximum atomic E-state index is 12.7. The van der Waals surface area contributed by atoms with E-state index in [1.165, 1.54) is 0 Å². The Bertz CT molecular complexity index is 551. The van der Waals surface area contributed by atoms with Gasteiger partial charge in [0.15, 0.2) is 0 Å². The molecule has 0 heterocycles. The summed E-state index contributed by atoms with van der Waals surface area (Å²) in [4.78, 5) is 26.3. The molecule has 0 spiro atoms. The van der Waals surface area contributed by atoms with Gasteiger partial charge in [-0.3, -0.25) is 9.59 Å². The molecule has 0 aliphatic heterocycles. The number of rotatable bonds is 9. The molecule has 2 rings (SSSR count). The van der Waals surface area contributed by atoms with Gasteiger partial charge in [0, 0.05) is 12.6 Å². The average molecular weight is 333 g/mol. The molecule has 1 amide bonds. The number of carbonyl (C=O) groups is 2. The predicted molar refractivity (Wildman–Crippen MR) is 91.8 cm³/mol. The lowest BCUT2D eigenvalue weighted by Crippen LogP contribution is -2.39. The zero-order valence-corrected chi connectivity index (χ0v) is 14.8. The first-order valence-electron chi connectivity index (χ1n) is 8.73. The van der Waals surface area contributed by atoms with E-state index in [1.807, 2.05) is 43.0 Å². The fourth-order valence-electron chi connectivity index (χ4n) is 2.64. The summed E-state index contributed by atoms with van der Waals surface area (Å²) in [5.74, 6) is 0.341. The zero-order chi connectivity index (χ0) is 17.5. The fourth-order valence-corrected chi connectivity index (χ4v) is 2.64. The minimum atomic E-state index is -0.296. The van der Waals surface area contributed by atoms with Crippen molar-refractivity contribution >= 4 is 11.9 Å². The molecule has 0 radical (unpaired) electrons. The van der Waals surface area contributed by atoms with Crippen LogP contribution in [0.3, 0.4) is 0 Å². The van der Waals surface area contributed by atoms with Gasteiger partial charge in [0.1, 0.15) is 5.75 Å². The van der Waals surface area contributed by atoms with Crippen LogP contribution in [0.5, 0.6) is 5.75 Å². The van der Waals surface area contributed by atoms with Crippen LogP contribution in [0.1, 0.15) is 39.2 Å². The van der Waals surface area contributed by atoms with Crippen molar-refractivity contribution in [2.45, 2.75) is 46.1 Å². The van der Waals surface area contributed by atoms with Crippen LogP contribution in [0.4, 0.5) is 0 Å². The monoisotopic (exact) mass is 333 g/mol. The molecule has 5 heteroatoms. The number of hydrogen-bond acceptors (Lipinski definition) is 4. The lowest BCUT2D eigenvalue weighted by Gasteiger charge is -2.25. The van der Waals surface area contributed by atoms with Gasteiger partial charge in [0.2, 0.25) is 5.91 Å². The smallest absolute Gasteiger partial charge is 0.310 e. The molecule has 1 unspecified atom stereocenters. The van der Waals surface area contributed by atoms with Crippen molar-refractivity contribution in [3.63, 3.8) is 0 Å². The molecule has 0 N–H and O–H groups in total. The maximum Gasteiger partial charge on any atom is 0.310 e. The van der Waals surface area contributed by atoms with E-state index in [4.69, 9.17) is 9.47 Å². The second kappa shape index (κ2) is 8.71. The Morgan fingerprint density at radius 2 is 1.83 bits per heavy atom. The first-order chi connectivity index (χ1) is 11.5. The van der Waals surface area contributed by atoms with E-state index in [0.29, 0.717) is 26.2 Å². The summed E-state index contributed by atoms with van der Waals surface area (Å²) in [6.07, 6.45) is 2.38. The van der Waals surface area contributed by atoms with Gasteiger partial charge in [-0.25, -0.2) is 0 Å². The lowest BCUT2D eigenvalue weighted by molar-refractivity contribution is -0.148. The van der Waals surface area contributed by atoms with E-state index in [2.05, 4.69) is 0 Å². The molecule has 132 valence electrons. The second-order valence-electron chi connectivity index (χ2n) is 6.18. The van der Waals surface area contributed by atoms with Crippen LogP contribution in [0.25, 0.3) is 0 Å². The molecule has 1 aliphatic rings. The van der Waals surface area contributed by atoms with Crippen molar-refractivity contribution in [1.29, 1.82) is 0 Å². The van der Waals surface area contributed by atoms with Crippen molar-refractivity contribution in [2.24, 2.45) is 5.92 Å². The topological polar surface area (TPSA) is 55.8 Å². The summed E-state index contributed by atoms with van der Waals surface area (Å²) in [5.41, 5.74) is 0.956. The molecule has 1 saturated carbocycles. The summed E-state index contributed by atoms with van der Waals surface area (Å²) in [7, 11) is 0. The molecule has 0 saturated heterocycles. The van der Waals surface area contributed by atoms with Gasteiger partial charge in [-0.05, 0) is 44.4 Å². The molecule has 1 aromatic rings. The van der Waals surface area contributed by atoms with Crippen LogP contribution >= 0.6 is 0 Å². The van der Waals surface area contributed by atoms with Gasteiger partial charge in [0.05, 0.1) is 25.6 Å². The Morgan fingerprint density at radius 3 is 2.38 bits per heavy atom. The van der Waals surface area contributed by atoms with Crippen molar-refractivity contribution < 1.29 is 19.1 Å². The first-order valence-corrected chi connectivity index (χ1v) is 8.73. The highest BCUT2D eigenvalue weighted by Gasteiger charge is 2.34. The highest BCUT2D eigenvalue weighted by molar-refractivity contribution is 5.80. The van der Waals surface area contributed by atoms with Crippen LogP contribution < -0.4 is 4.74 Å². The van der Waals surface area contributed by atoms with Crippen molar-refractivity contribution in [2.75, 3.05) is 19.8 Å². The van der Waals surface area contributed by atoms with Crippen LogP contribution in [0.15, 0.2) is 24.3 Å². The van der Waals surface area contributed by atoms with Crippen LogP contribution in [0.2, 0.25) is 0 Å². The van der Waals surface area contributed by atoms with Crippen LogP contribution in [-0.2, 0) is 20.7 Å². The minimum absolute atomic E-state index is 0.0674. The molecule has 1 fully saturated rings. The number of carbonyl (C=O) groups excluding carboxylic acids is 2. The molecule has 1 aromatic carbocycles. The lowest BCUT2D eigenvalue weighted by atomic mass is 10.1. The van der Waals surface area contributed by atoms with E-state index >= 15 is 0 Å². The van der Waals surface area contributed by atoms with Crippen LogP contribution in [-0.4, -0.2) is 42.6 Å². The third kappa shape index (κ3) is 5.25. The van der Waals surface area contributed by atoms with Crippen molar-refractivity contribution in [3.8, 4) is 5.75 Å². The second-order valence-corrected chi connectivity index (χ2v) is 6.18. The van der Waals surface area contributed by atoms with Crippen LogP contribution in [0, 0.1) is 5.92 Å². The number of nitrogens with zero attached hydrogens (tertiary/aromatic N) is 1. The van der Waals surface area contributed by atoms with Gasteiger partial charge < -0.3 is 14.4 Å². The third-order valence-electron chi connectivity index (χ3n) is 4.06. The Hall–Kier alpha value is -2.04. The molecular weight excluding hydrogens is 306 g/mol. The molecule has 24 heavy (non-hydrogen) atoms. The van der Waals surface area contributed by atoms with Gasteiger partial charge in [0.25, 0.3) is 0 Å². The number of ether oxygens (including phenoxy) is 2. The molecule has 1 aliphatic carbocycles. The molecule has 0 bridgehead atoms. The Balaban J connectivity index is 1.95. The maximum absolute atomic E-state index is 12.7. The highest BCUT2D eigenvalue weighted by atomic mass is 16.5. The summed E-state index contributed by atoms with van der Waals surface area (Å²) < 4.78 is 10.5. The van der Waals surface area contributed by atoms with Crippen molar-refractivity contribution in [3.05, 3.63) is 29.8 Å². The summed E-state index contributed by atoms with van der Waals surface area (Å²) in [5, 5.41) is 0. The average Bonchev–Trinajstić information content (AvgIpc) is 3.39. The first kappa shape index (κ1) is 18.3. The highest BCUT2D eigenvalue weighted by Crippen LogP contribution is 2.28. The van der Waals surface area contributed by atoms with E-state index in [9.17, 15) is 9.59 Å². The van der Waals surface area contributed by atoms with E-state index in [0.717, 1.165) is 24.2 Å². The summed E-state index contributed by atoms with van der Waals surface area (Å²) in [6.45, 7) is 6.97. The largest absolute Gasteiger partial charge is 0.494 e. The van der Waals surface area contributed by atoms with E-state index < -0.39 is 0 Å². The normalized spacial score (nSPS) is 14.8. The van der Waals surface area contributed by atoms with Gasteiger partial charge in [-0.2, -0.15) is 0 Å². The Morgan fingerprint density at radius 1 is 1.17 bits per heavy atom. The van der Waals surface area contributed by atoms with E-state index in [1.54, 1.807) is 6.92 Å². The zero-order valence-electron chi connectivity index (χ0n) is 14.8. The minimum Gasteiger partial charge on any atom is -0.494 e. The number of amides is 1. The Kier molecular flexibility index (Phi) is 6.64. The van der Waals surface area contributed by atoms with Crippen molar-refractivity contribution in [1.82, 2.24) is 4.90 Å². The quantitative estimate of drug-likeness (QED) is 0.652. The fraction of sp³-hybridized carbons (Fsp3) is 0.579. The van der Waals surface area contributed by atoms with Gasteiger partial charge >= 0.3 is 5.97 Å². The number of esters is 1. The summed E-state index contributed by atoms with van der Waals surface area (Å²) >= 11 is 0. The van der Waals surface area contributed by atoms with E-state index in [-0.39, 0.29) is 23.8 Å². The summed E-state index contributed by atoms with van der Waals surface area (Å²) in [6, 6.07) is 7.88. The standard InChI is InChI=1S/C19H27NO4/c1-4-23-17-10-6-15(7-11-17)12-18(21)20(16-8-9-16)13-14(3)19(22)24-5-2/h6-7,10-11,14,16H,4-5,8-9,12-13H2,1-3H3. The van der Waals surface area contributed by atoms with Gasteiger partial charge in [-0.1, -0.05) is 19.1 Å². The number of benzene rings is 1. The molecule has 1 atom stereocenters. The van der Waals surface area contributed by atoms with Gasteiger partial charge in [-0.15, -0.1) is 0 Å². The Labute approximate surface area is 143 Å². The number of hydrogen-bond donors (Lipinski definition) is 0. The molecular formula is C19H27NO4. The predicted octanol–water partition coefficient (Wildman–Crippen LogP) is 2.82. The third-order valence-corrected chi connectivity index (χ3v) is 4.06. The molecule has 5 nitrogen and oxygen atoms in total.